The molecule has 1 aliphatic heterocycles. The van der Waals surface area contributed by atoms with E-state index in [1.54, 1.807) is 30.5 Å². The van der Waals surface area contributed by atoms with Gasteiger partial charge in [0.05, 0.1) is 29.3 Å². The molecule has 1 fully saturated rings. The minimum Gasteiger partial charge on any atom is -0.465 e. The van der Waals surface area contributed by atoms with Gasteiger partial charge in [0.1, 0.15) is 6.04 Å². The predicted molar refractivity (Wildman–Crippen MR) is 169 cm³/mol. The van der Waals surface area contributed by atoms with Gasteiger partial charge in [-0.25, -0.2) is 4.79 Å². The lowest BCUT2D eigenvalue weighted by Crippen LogP contribution is -2.30. The monoisotopic (exact) mass is 607 g/mol. The number of carbonyl (C=O) groups excluding carboxylic acids is 1. The summed E-state index contributed by atoms with van der Waals surface area (Å²) in [4.78, 5) is 31.2. The zero-order valence-corrected chi connectivity index (χ0v) is 24.5. The van der Waals surface area contributed by atoms with Gasteiger partial charge in [0.2, 0.25) is 0 Å². The molecule has 2 atom stereocenters. The van der Waals surface area contributed by atoms with E-state index in [1.165, 1.54) is 31.0 Å². The fourth-order valence-electron chi connectivity index (χ4n) is 5.13. The number of non-ortho nitro benzene ring substituents is 1. The van der Waals surface area contributed by atoms with Crippen LogP contribution in [0.4, 0.5) is 11.4 Å². The van der Waals surface area contributed by atoms with Crippen molar-refractivity contribution in [3.05, 3.63) is 143 Å². The van der Waals surface area contributed by atoms with Gasteiger partial charge in [-0.05, 0) is 97.1 Å². The Balaban J connectivity index is 1.34. The second kappa shape index (κ2) is 12.1. The van der Waals surface area contributed by atoms with E-state index in [0.29, 0.717) is 10.7 Å². The maximum atomic E-state index is 12.0. The molecule has 3 heterocycles. The standard InChI is InChI=1S/C32H25N5O4S2/c1-41-31(38)21-7-9-22(10-8-21)35-20-4-6-28(35)30-29(27-5-2-3-19-33-27)34-32(42)36(30)23-11-15-25(16-12-23)43-26-17-13-24(14-18-26)37(39)40/h2-20,29-30H,1H3,(H,34,42)/t29-,30-/m1/s1. The first-order valence-corrected chi connectivity index (χ1v) is 14.5. The van der Waals surface area contributed by atoms with Gasteiger partial charge in [-0.1, -0.05) is 17.8 Å². The third kappa shape index (κ3) is 5.72. The lowest BCUT2D eigenvalue weighted by molar-refractivity contribution is -0.384. The average Bonchev–Trinajstić information content (AvgIpc) is 3.66. The zero-order valence-electron chi connectivity index (χ0n) is 22.9. The Labute approximate surface area is 257 Å². The molecule has 43 heavy (non-hydrogen) atoms. The summed E-state index contributed by atoms with van der Waals surface area (Å²) in [6, 6.07) is 31.3. The molecule has 214 valence electrons. The van der Waals surface area contributed by atoms with Gasteiger partial charge in [0.15, 0.2) is 5.11 Å². The molecule has 0 spiro atoms. The van der Waals surface area contributed by atoms with Crippen LogP contribution in [0, 0.1) is 10.1 Å². The minimum atomic E-state index is -0.404. The van der Waals surface area contributed by atoms with Gasteiger partial charge >= 0.3 is 5.97 Å². The average molecular weight is 608 g/mol. The summed E-state index contributed by atoms with van der Waals surface area (Å²) >= 11 is 7.43. The predicted octanol–water partition coefficient (Wildman–Crippen LogP) is 6.90. The highest BCUT2D eigenvalue weighted by Crippen LogP contribution is 2.43. The van der Waals surface area contributed by atoms with Crippen molar-refractivity contribution in [1.82, 2.24) is 14.9 Å². The molecule has 5 aromatic rings. The number of aromatic nitrogens is 2. The molecule has 1 aliphatic rings. The van der Waals surface area contributed by atoms with Crippen LogP contribution in [0.5, 0.6) is 0 Å². The Morgan fingerprint density at radius 3 is 2.23 bits per heavy atom. The van der Waals surface area contributed by atoms with Gasteiger partial charge in [-0.3, -0.25) is 15.1 Å². The maximum absolute atomic E-state index is 12.0. The highest BCUT2D eigenvalue weighted by atomic mass is 32.2. The molecule has 0 bridgehead atoms. The number of esters is 1. The normalized spacial score (nSPS) is 16.1. The molecule has 1 saturated heterocycles. The van der Waals surface area contributed by atoms with Crippen molar-refractivity contribution in [1.29, 1.82) is 0 Å². The van der Waals surface area contributed by atoms with E-state index in [-0.39, 0.29) is 23.7 Å². The molecule has 6 rings (SSSR count). The first-order chi connectivity index (χ1) is 20.9. The lowest BCUT2D eigenvalue weighted by Gasteiger charge is -2.29. The number of nitro groups is 1. The third-order valence-corrected chi connectivity index (χ3v) is 8.48. The molecule has 0 unspecified atom stereocenters. The number of benzene rings is 3. The Morgan fingerprint density at radius 2 is 1.60 bits per heavy atom. The van der Waals surface area contributed by atoms with Crippen LogP contribution in [0.25, 0.3) is 5.69 Å². The minimum absolute atomic E-state index is 0.0624. The SMILES string of the molecule is COC(=O)c1ccc(-n2cccc2[C@@H]2[C@@H](c3ccccn3)NC(=S)N2c2ccc(Sc3ccc([N+](=O)[O-])cc3)cc2)cc1. The number of anilines is 1. The molecular weight excluding hydrogens is 583 g/mol. The molecule has 2 aromatic heterocycles. The number of pyridine rings is 1. The summed E-state index contributed by atoms with van der Waals surface area (Å²) < 4.78 is 6.94. The Kier molecular flexibility index (Phi) is 7.91. The maximum Gasteiger partial charge on any atom is 0.337 e. The molecule has 1 N–H and O–H groups in total. The van der Waals surface area contributed by atoms with Crippen LogP contribution in [0.3, 0.4) is 0 Å². The topological polar surface area (TPSA) is 103 Å². The summed E-state index contributed by atoms with van der Waals surface area (Å²) in [7, 11) is 1.36. The second-order valence-corrected chi connectivity index (χ2v) is 11.2. The number of thiocarbonyl (C=S) groups is 1. The van der Waals surface area contributed by atoms with Crippen LogP contribution in [-0.2, 0) is 4.74 Å². The third-order valence-electron chi connectivity index (χ3n) is 7.15. The lowest BCUT2D eigenvalue weighted by atomic mass is 10.0. The van der Waals surface area contributed by atoms with Gasteiger partial charge in [-0.15, -0.1) is 0 Å². The molecule has 0 amide bonds. The molecule has 0 radical (unpaired) electrons. The number of methoxy groups -OCH3 is 1. The smallest absolute Gasteiger partial charge is 0.337 e. The van der Waals surface area contributed by atoms with Crippen LogP contribution in [0.1, 0.15) is 33.8 Å². The summed E-state index contributed by atoms with van der Waals surface area (Å²) in [5.74, 6) is -0.388. The number of nitro benzene ring substituents is 1. The summed E-state index contributed by atoms with van der Waals surface area (Å²) in [6.07, 6.45) is 3.76. The summed E-state index contributed by atoms with van der Waals surface area (Å²) in [6.45, 7) is 0. The van der Waals surface area contributed by atoms with Gasteiger partial charge in [0, 0.05) is 51.4 Å². The van der Waals surface area contributed by atoms with E-state index in [9.17, 15) is 14.9 Å². The van der Waals surface area contributed by atoms with E-state index >= 15 is 0 Å². The highest BCUT2D eigenvalue weighted by Gasteiger charge is 2.42. The molecule has 3 aromatic carbocycles. The Hall–Kier alpha value is -5.00. The van der Waals surface area contributed by atoms with E-state index < -0.39 is 4.92 Å². The fraction of sp³-hybridized carbons (Fsp3) is 0.0938. The summed E-state index contributed by atoms with van der Waals surface area (Å²) in [5.41, 5.74) is 4.17. The summed E-state index contributed by atoms with van der Waals surface area (Å²) in [5, 5.41) is 15.1. The number of hydrogen-bond donors (Lipinski definition) is 1. The first kappa shape index (κ1) is 28.1. The van der Waals surface area contributed by atoms with Crippen molar-refractivity contribution in [2.24, 2.45) is 0 Å². The van der Waals surface area contributed by atoms with Crippen molar-refractivity contribution < 1.29 is 14.5 Å². The quantitative estimate of drug-likeness (QED) is 0.0874. The molecule has 11 heteroatoms. The van der Waals surface area contributed by atoms with Crippen LogP contribution in [-0.4, -0.2) is 32.7 Å². The van der Waals surface area contributed by atoms with E-state index in [2.05, 4.69) is 25.8 Å². The Bertz CT molecular complexity index is 1780. The molecular formula is C32H25N5O4S2. The first-order valence-electron chi connectivity index (χ1n) is 13.3. The zero-order chi connectivity index (χ0) is 29.9. The number of hydrogen-bond acceptors (Lipinski definition) is 7. The van der Waals surface area contributed by atoms with Crippen LogP contribution in [0.15, 0.2) is 125 Å². The largest absolute Gasteiger partial charge is 0.465 e. The number of nitrogens with zero attached hydrogens (tertiary/aromatic N) is 4. The highest BCUT2D eigenvalue weighted by molar-refractivity contribution is 7.99. The van der Waals surface area contributed by atoms with Crippen LogP contribution in [0.2, 0.25) is 0 Å². The van der Waals surface area contributed by atoms with Crippen LogP contribution < -0.4 is 10.2 Å². The number of rotatable bonds is 8. The molecule has 0 aliphatic carbocycles. The van der Waals surface area contributed by atoms with Gasteiger partial charge in [0.25, 0.3) is 5.69 Å². The molecule has 9 nitrogen and oxygen atoms in total. The van der Waals surface area contributed by atoms with Crippen molar-refractivity contribution in [3.63, 3.8) is 0 Å². The Morgan fingerprint density at radius 1 is 0.930 bits per heavy atom. The van der Waals surface area contributed by atoms with Crippen LogP contribution >= 0.6 is 24.0 Å². The van der Waals surface area contributed by atoms with E-state index in [1.807, 2.05) is 66.9 Å². The van der Waals surface area contributed by atoms with Crippen molar-refractivity contribution in [2.45, 2.75) is 21.9 Å². The number of nitrogens with one attached hydrogen (secondary N) is 1. The molecule has 0 saturated carbocycles. The van der Waals surface area contributed by atoms with Crippen molar-refractivity contribution >= 4 is 46.4 Å². The van der Waals surface area contributed by atoms with E-state index in [0.717, 1.165) is 32.6 Å². The van der Waals surface area contributed by atoms with Gasteiger partial charge < -0.3 is 19.5 Å². The van der Waals surface area contributed by atoms with Gasteiger partial charge in [-0.2, -0.15) is 0 Å². The van der Waals surface area contributed by atoms with Crippen molar-refractivity contribution in [2.75, 3.05) is 12.0 Å². The fourth-order valence-corrected chi connectivity index (χ4v) is 6.29. The number of ether oxygens (including phenoxy) is 1. The number of carbonyl (C=O) groups is 1. The second-order valence-electron chi connectivity index (χ2n) is 9.69. The van der Waals surface area contributed by atoms with E-state index in [4.69, 9.17) is 17.0 Å². The van der Waals surface area contributed by atoms with Crippen molar-refractivity contribution in [3.8, 4) is 5.69 Å².